The summed E-state index contributed by atoms with van der Waals surface area (Å²) in [6.45, 7) is 6.54. The summed E-state index contributed by atoms with van der Waals surface area (Å²) in [6.07, 6.45) is -10.9. The van der Waals surface area contributed by atoms with Crippen LogP contribution in [0.1, 0.15) is 51.7 Å². The fourth-order valence-corrected chi connectivity index (χ4v) is 9.00. The highest BCUT2D eigenvalue weighted by Gasteiger charge is 2.58. The van der Waals surface area contributed by atoms with Gasteiger partial charge in [-0.15, -0.1) is 0 Å². The molecule has 2 aliphatic heterocycles. The Bertz CT molecular complexity index is 1530. The third kappa shape index (κ3) is 11.9. The summed E-state index contributed by atoms with van der Waals surface area (Å²) in [7, 11) is 1.71. The van der Waals surface area contributed by atoms with Crippen molar-refractivity contribution in [1.29, 1.82) is 0 Å². The minimum Gasteiger partial charge on any atom is -0.496 e. The van der Waals surface area contributed by atoms with E-state index in [1.807, 2.05) is 0 Å². The van der Waals surface area contributed by atoms with Crippen molar-refractivity contribution in [3.63, 3.8) is 0 Å². The minimum atomic E-state index is -4.87. The third-order valence-corrected chi connectivity index (χ3v) is 11.9. The van der Waals surface area contributed by atoms with E-state index in [4.69, 9.17) is 9.47 Å². The molecule has 2 fully saturated rings. The molecular formula is C36H50F8N2O5S2. The Morgan fingerprint density at radius 3 is 1.38 bits per heavy atom. The molecule has 2 unspecified atom stereocenters. The van der Waals surface area contributed by atoms with Crippen molar-refractivity contribution in [2.24, 2.45) is 0 Å². The van der Waals surface area contributed by atoms with E-state index in [1.165, 1.54) is 63.3 Å². The molecule has 2 aliphatic rings. The number of ether oxygens (including phenoxy) is 2. The SMILES string of the molecule is COc1ccc(F)cc1C(C)(C)CC(O)(CN1CCS(=O)CC1)C(F)(F)F.COc1ccc(F)cc1C(C)(C)CC(O)(CN1CCSCC1)C(F)(F)F. The van der Waals surface area contributed by atoms with E-state index >= 15 is 0 Å². The van der Waals surface area contributed by atoms with Crippen LogP contribution < -0.4 is 9.47 Å². The van der Waals surface area contributed by atoms with E-state index in [1.54, 1.807) is 30.5 Å². The third-order valence-electron chi connectivity index (χ3n) is 9.65. The van der Waals surface area contributed by atoms with Gasteiger partial charge in [-0.2, -0.15) is 38.1 Å². The van der Waals surface area contributed by atoms with Crippen LogP contribution in [0.25, 0.3) is 0 Å². The molecule has 0 aliphatic carbocycles. The van der Waals surface area contributed by atoms with Crippen LogP contribution in [0.2, 0.25) is 0 Å². The second-order valence-corrected chi connectivity index (χ2v) is 17.8. The summed E-state index contributed by atoms with van der Waals surface area (Å²) in [5.74, 6) is 1.48. The van der Waals surface area contributed by atoms with E-state index in [9.17, 15) is 49.5 Å². The van der Waals surface area contributed by atoms with Crippen LogP contribution in [-0.2, 0) is 21.6 Å². The van der Waals surface area contributed by atoms with Crippen LogP contribution in [0.4, 0.5) is 35.1 Å². The molecule has 2 aromatic rings. The molecule has 0 saturated carbocycles. The lowest BCUT2D eigenvalue weighted by Gasteiger charge is -2.41. The van der Waals surface area contributed by atoms with Crippen LogP contribution in [0.15, 0.2) is 36.4 Å². The first-order chi connectivity index (χ1) is 24.4. The van der Waals surface area contributed by atoms with Gasteiger partial charge < -0.3 is 19.7 Å². The van der Waals surface area contributed by atoms with Gasteiger partial charge in [0.25, 0.3) is 0 Å². The second-order valence-electron chi connectivity index (χ2n) is 14.9. The van der Waals surface area contributed by atoms with Crippen molar-refractivity contribution in [3.05, 3.63) is 59.2 Å². The lowest BCUT2D eigenvalue weighted by atomic mass is 9.74. The molecular weight excluding hydrogens is 757 g/mol. The Morgan fingerprint density at radius 1 is 0.679 bits per heavy atom. The van der Waals surface area contributed by atoms with Crippen molar-refractivity contribution >= 4 is 22.6 Å². The number of halogens is 8. The topological polar surface area (TPSA) is 82.5 Å². The Kier molecular flexibility index (Phi) is 15.1. The van der Waals surface area contributed by atoms with Crippen LogP contribution in [0.3, 0.4) is 0 Å². The van der Waals surface area contributed by atoms with E-state index in [-0.39, 0.29) is 35.9 Å². The number of aliphatic hydroxyl groups is 2. The Hall–Kier alpha value is -2.18. The number of nitrogens with zero attached hydrogens (tertiary/aromatic N) is 2. The highest BCUT2D eigenvalue weighted by molar-refractivity contribution is 7.99. The zero-order chi connectivity index (χ0) is 40.0. The first-order valence-electron chi connectivity index (χ1n) is 17.0. The largest absolute Gasteiger partial charge is 0.496 e. The van der Waals surface area contributed by atoms with Gasteiger partial charge in [-0.3, -0.25) is 14.0 Å². The molecule has 2 aromatic carbocycles. The van der Waals surface area contributed by atoms with Gasteiger partial charge in [0.1, 0.15) is 23.1 Å². The predicted octanol–water partition coefficient (Wildman–Crippen LogP) is 6.70. The summed E-state index contributed by atoms with van der Waals surface area (Å²) in [5.41, 5.74) is -7.69. The first-order valence-corrected chi connectivity index (χ1v) is 19.6. The number of hydrogen-bond acceptors (Lipinski definition) is 8. The lowest BCUT2D eigenvalue weighted by molar-refractivity contribution is -0.271. The Balaban J connectivity index is 0.000000286. The van der Waals surface area contributed by atoms with Crippen molar-refractivity contribution < 1.29 is 59.0 Å². The number of alkyl halides is 6. The van der Waals surface area contributed by atoms with E-state index in [2.05, 4.69) is 0 Å². The van der Waals surface area contributed by atoms with E-state index in [0.29, 0.717) is 24.4 Å². The molecule has 0 spiro atoms. The van der Waals surface area contributed by atoms with Gasteiger partial charge in [0, 0.05) is 84.2 Å². The standard InChI is InChI=1S/C18H25F4NO3S.C18H25F4NO2S/c1-16(2,14-10-13(19)4-5-15(14)26-3)11-17(24,18(20,21)22)12-23-6-8-27(25)9-7-23;1-16(2,14-10-13(19)4-5-15(14)25-3)11-17(24,18(20,21)22)12-23-6-8-26-9-7-23/h4-5,10,24H,6-9,11-12H2,1-3H3;4-5,10,24H,6-9,11-12H2,1-3H3. The summed E-state index contributed by atoms with van der Waals surface area (Å²) < 4.78 is 132. The molecule has 2 N–H and O–H groups in total. The van der Waals surface area contributed by atoms with Gasteiger partial charge in [0.15, 0.2) is 11.2 Å². The number of benzene rings is 2. The van der Waals surface area contributed by atoms with Gasteiger partial charge in [-0.25, -0.2) is 8.78 Å². The molecule has 302 valence electrons. The smallest absolute Gasteiger partial charge is 0.418 e. The molecule has 2 saturated heterocycles. The Morgan fingerprint density at radius 2 is 1.04 bits per heavy atom. The average Bonchev–Trinajstić information content (AvgIpc) is 3.05. The van der Waals surface area contributed by atoms with Gasteiger partial charge in [0.05, 0.1) is 14.2 Å². The zero-order valence-electron chi connectivity index (χ0n) is 30.8. The average molecular weight is 807 g/mol. The van der Waals surface area contributed by atoms with Crippen LogP contribution >= 0.6 is 11.8 Å². The normalized spacial score (nSPS) is 19.5. The maximum absolute atomic E-state index is 13.8. The highest BCUT2D eigenvalue weighted by Crippen LogP contribution is 2.46. The number of β-amino-alcohol motifs (C(OH)–C–C–N with tert-alkyl or cyclic N) is 2. The predicted molar refractivity (Wildman–Crippen MR) is 191 cm³/mol. The molecule has 17 heteroatoms. The molecule has 0 bridgehead atoms. The quantitative estimate of drug-likeness (QED) is 0.230. The zero-order valence-corrected chi connectivity index (χ0v) is 32.4. The summed E-state index contributed by atoms with van der Waals surface area (Å²) in [4.78, 5) is 3.12. The van der Waals surface area contributed by atoms with Crippen molar-refractivity contribution in [1.82, 2.24) is 9.80 Å². The van der Waals surface area contributed by atoms with Crippen LogP contribution in [-0.4, -0.2) is 124 Å². The first kappa shape index (κ1) is 45.2. The molecule has 2 atom stereocenters. The molecule has 0 aromatic heterocycles. The van der Waals surface area contributed by atoms with Gasteiger partial charge in [0.2, 0.25) is 0 Å². The molecule has 0 amide bonds. The summed E-state index contributed by atoms with van der Waals surface area (Å²) in [5, 5.41) is 21.2. The second kappa shape index (κ2) is 17.7. The monoisotopic (exact) mass is 806 g/mol. The van der Waals surface area contributed by atoms with Gasteiger partial charge in [-0.1, -0.05) is 27.7 Å². The summed E-state index contributed by atoms with van der Waals surface area (Å²) in [6, 6.07) is 7.43. The number of rotatable bonds is 12. The van der Waals surface area contributed by atoms with Crippen LogP contribution in [0.5, 0.6) is 11.5 Å². The molecule has 0 radical (unpaired) electrons. The Labute approximate surface area is 312 Å². The van der Waals surface area contributed by atoms with Gasteiger partial charge in [-0.05, 0) is 60.1 Å². The maximum atomic E-state index is 13.8. The van der Waals surface area contributed by atoms with Crippen molar-refractivity contribution in [2.45, 2.75) is 74.9 Å². The molecule has 53 heavy (non-hydrogen) atoms. The molecule has 2 heterocycles. The number of methoxy groups -OCH3 is 2. The fourth-order valence-electron chi connectivity index (χ4n) is 6.90. The lowest BCUT2D eigenvalue weighted by Crippen LogP contribution is -2.57. The highest BCUT2D eigenvalue weighted by atomic mass is 32.2. The van der Waals surface area contributed by atoms with Gasteiger partial charge >= 0.3 is 12.4 Å². The number of thioether (sulfide) groups is 1. The minimum absolute atomic E-state index is 0.231. The molecule has 7 nitrogen and oxygen atoms in total. The number of hydrogen-bond donors (Lipinski definition) is 2. The van der Waals surface area contributed by atoms with E-state index in [0.717, 1.165) is 17.6 Å². The van der Waals surface area contributed by atoms with E-state index < -0.39 is 82.7 Å². The van der Waals surface area contributed by atoms with Crippen molar-refractivity contribution in [2.75, 3.05) is 76.5 Å². The van der Waals surface area contributed by atoms with Crippen molar-refractivity contribution in [3.8, 4) is 11.5 Å². The van der Waals surface area contributed by atoms with Crippen LogP contribution in [0, 0.1) is 11.6 Å². The molecule has 4 rings (SSSR count). The summed E-state index contributed by atoms with van der Waals surface area (Å²) >= 11 is 1.69. The fraction of sp³-hybridized carbons (Fsp3) is 0.667. The maximum Gasteiger partial charge on any atom is 0.418 e.